The number of fused-ring (bicyclic) bond motifs is 1. The molecule has 29 heavy (non-hydrogen) atoms. The van der Waals surface area contributed by atoms with Gasteiger partial charge >= 0.3 is 5.69 Å². The van der Waals surface area contributed by atoms with Crippen molar-refractivity contribution in [3.05, 3.63) is 62.4 Å². The average Bonchev–Trinajstić information content (AvgIpc) is 3.22. The zero-order valence-electron chi connectivity index (χ0n) is 16.1. The Morgan fingerprint density at radius 1 is 1.17 bits per heavy atom. The van der Waals surface area contributed by atoms with E-state index >= 15 is 0 Å². The lowest BCUT2D eigenvalue weighted by Gasteiger charge is -2.35. The molecule has 1 atom stereocenters. The first-order valence-electron chi connectivity index (χ1n) is 9.79. The first kappa shape index (κ1) is 19.6. The molecule has 1 aliphatic rings. The molecule has 1 fully saturated rings. The van der Waals surface area contributed by atoms with Crippen LogP contribution < -0.4 is 11.2 Å². The molecule has 0 unspecified atom stereocenters. The molecule has 0 spiro atoms. The van der Waals surface area contributed by atoms with Gasteiger partial charge in [0.15, 0.2) is 0 Å². The Morgan fingerprint density at radius 2 is 1.93 bits per heavy atom. The third-order valence-corrected chi connectivity index (χ3v) is 6.44. The molecule has 0 N–H and O–H groups in total. The fourth-order valence-corrected chi connectivity index (χ4v) is 4.86. The Balaban J connectivity index is 1.81. The van der Waals surface area contributed by atoms with Crippen LogP contribution in [0.5, 0.6) is 0 Å². The Kier molecular flexibility index (Phi) is 5.36. The molecule has 0 bridgehead atoms. The van der Waals surface area contributed by atoms with E-state index in [9.17, 15) is 18.8 Å². The highest BCUT2D eigenvalue weighted by atomic mass is 32.1. The van der Waals surface area contributed by atoms with Gasteiger partial charge in [0.1, 0.15) is 17.1 Å². The number of aromatic nitrogens is 2. The topological polar surface area (TPSA) is 64.3 Å². The van der Waals surface area contributed by atoms with Gasteiger partial charge in [0, 0.05) is 12.6 Å². The number of carbonyl (C=O) groups excluding carboxylic acids is 1. The second-order valence-electron chi connectivity index (χ2n) is 7.27. The highest BCUT2D eigenvalue weighted by Crippen LogP contribution is 2.21. The number of benzene rings is 1. The van der Waals surface area contributed by atoms with E-state index in [4.69, 9.17) is 0 Å². The monoisotopic (exact) mass is 415 g/mol. The molecule has 0 aliphatic carbocycles. The maximum atomic E-state index is 13.3. The number of hydrogen-bond donors (Lipinski definition) is 0. The molecule has 3 aromatic rings. The largest absolute Gasteiger partial charge is 0.338 e. The zero-order valence-corrected chi connectivity index (χ0v) is 17.0. The van der Waals surface area contributed by atoms with E-state index in [-0.39, 0.29) is 24.2 Å². The molecule has 2 aromatic heterocycles. The van der Waals surface area contributed by atoms with E-state index in [1.54, 1.807) is 11.4 Å². The number of thiophene rings is 1. The van der Waals surface area contributed by atoms with E-state index in [2.05, 4.69) is 6.92 Å². The van der Waals surface area contributed by atoms with Crippen LogP contribution in [0.1, 0.15) is 32.6 Å². The summed E-state index contributed by atoms with van der Waals surface area (Å²) in [5, 5.41) is 1.73. The van der Waals surface area contributed by atoms with Crippen molar-refractivity contribution in [3.63, 3.8) is 0 Å². The van der Waals surface area contributed by atoms with Crippen molar-refractivity contribution in [3.8, 4) is 5.69 Å². The van der Waals surface area contributed by atoms with Gasteiger partial charge in [-0.15, -0.1) is 11.3 Å². The number of halogens is 1. The van der Waals surface area contributed by atoms with Crippen LogP contribution in [-0.2, 0) is 11.3 Å². The second kappa shape index (κ2) is 7.94. The van der Waals surface area contributed by atoms with Gasteiger partial charge in [0.05, 0.1) is 11.2 Å². The summed E-state index contributed by atoms with van der Waals surface area (Å²) in [6.07, 6.45) is 3.91. The summed E-state index contributed by atoms with van der Waals surface area (Å²) in [5.41, 5.74) is -0.310. The molecule has 4 rings (SSSR count). The van der Waals surface area contributed by atoms with Crippen molar-refractivity contribution in [2.45, 2.75) is 45.2 Å². The van der Waals surface area contributed by atoms with Gasteiger partial charge in [0.2, 0.25) is 5.91 Å². The first-order chi connectivity index (χ1) is 14.0. The van der Waals surface area contributed by atoms with Crippen molar-refractivity contribution in [2.24, 2.45) is 0 Å². The zero-order chi connectivity index (χ0) is 20.5. The number of likely N-dealkylation sites (tertiary alicyclic amines) is 1. The number of carbonyl (C=O) groups is 1. The van der Waals surface area contributed by atoms with Crippen molar-refractivity contribution >= 4 is 27.5 Å². The Hall–Kier alpha value is -2.74. The van der Waals surface area contributed by atoms with Crippen molar-refractivity contribution in [1.82, 2.24) is 14.0 Å². The fraction of sp³-hybridized carbons (Fsp3) is 0.381. The van der Waals surface area contributed by atoms with E-state index in [1.807, 2.05) is 4.90 Å². The third kappa shape index (κ3) is 3.53. The molecule has 1 aliphatic heterocycles. The summed E-state index contributed by atoms with van der Waals surface area (Å²) in [5.74, 6) is -0.569. The lowest BCUT2D eigenvalue weighted by molar-refractivity contribution is -0.135. The fourth-order valence-electron chi connectivity index (χ4n) is 4.04. The quantitative estimate of drug-likeness (QED) is 0.658. The van der Waals surface area contributed by atoms with E-state index in [0.717, 1.165) is 30.3 Å². The van der Waals surface area contributed by atoms with E-state index in [0.29, 0.717) is 16.8 Å². The number of rotatable bonds is 4. The second-order valence-corrected chi connectivity index (χ2v) is 8.18. The Morgan fingerprint density at radius 3 is 2.66 bits per heavy atom. The standard InChI is InChI=1S/C21H22FN3O3S/c1-2-15-5-3-4-11-23(15)18(26)13-24-17-10-12-29-19(17)20(27)25(21(24)28)16-8-6-14(22)7-9-16/h6-10,12,15H,2-5,11,13H2,1H3/t15-/m0/s1. The minimum absolute atomic E-state index is 0.115. The summed E-state index contributed by atoms with van der Waals surface area (Å²) >= 11 is 1.22. The van der Waals surface area contributed by atoms with Gasteiger partial charge in [0.25, 0.3) is 5.56 Å². The van der Waals surface area contributed by atoms with Crippen LogP contribution in [0.25, 0.3) is 15.9 Å². The Labute approximate surface area is 170 Å². The summed E-state index contributed by atoms with van der Waals surface area (Å²) in [6.45, 7) is 2.63. The van der Waals surface area contributed by atoms with Crippen molar-refractivity contribution < 1.29 is 9.18 Å². The van der Waals surface area contributed by atoms with Gasteiger partial charge in [-0.1, -0.05) is 6.92 Å². The van der Waals surface area contributed by atoms with Crippen LogP contribution in [0.3, 0.4) is 0 Å². The first-order valence-corrected chi connectivity index (χ1v) is 10.7. The van der Waals surface area contributed by atoms with Gasteiger partial charge < -0.3 is 4.90 Å². The molecule has 3 heterocycles. The number of amides is 1. The minimum Gasteiger partial charge on any atom is -0.338 e. The smallest absolute Gasteiger partial charge is 0.336 e. The predicted octanol–water partition coefficient (Wildman–Crippen LogP) is 3.14. The average molecular weight is 415 g/mol. The summed E-state index contributed by atoms with van der Waals surface area (Å²) in [6, 6.07) is 7.07. The molecule has 0 radical (unpaired) electrons. The lowest BCUT2D eigenvalue weighted by atomic mass is 10.00. The van der Waals surface area contributed by atoms with Crippen molar-refractivity contribution in [1.29, 1.82) is 0 Å². The molecule has 1 aromatic carbocycles. The van der Waals surface area contributed by atoms with E-state index < -0.39 is 17.1 Å². The third-order valence-electron chi connectivity index (χ3n) is 5.55. The van der Waals surface area contributed by atoms with Crippen LogP contribution in [0.15, 0.2) is 45.3 Å². The van der Waals surface area contributed by atoms with Crippen LogP contribution in [0.4, 0.5) is 4.39 Å². The molecule has 0 saturated carbocycles. The summed E-state index contributed by atoms with van der Waals surface area (Å²) in [7, 11) is 0. The van der Waals surface area contributed by atoms with Gasteiger partial charge in [-0.05, 0) is 61.4 Å². The highest BCUT2D eigenvalue weighted by Gasteiger charge is 2.27. The molecule has 1 amide bonds. The van der Waals surface area contributed by atoms with Crippen LogP contribution in [-0.4, -0.2) is 32.5 Å². The maximum Gasteiger partial charge on any atom is 0.336 e. The van der Waals surface area contributed by atoms with Crippen LogP contribution >= 0.6 is 11.3 Å². The molecular formula is C21H22FN3O3S. The SMILES string of the molecule is CC[C@H]1CCCCN1C(=O)Cn1c(=O)n(-c2ccc(F)cc2)c(=O)c2sccc21. The van der Waals surface area contributed by atoms with E-state index in [1.165, 1.54) is 40.2 Å². The predicted molar refractivity (Wildman–Crippen MR) is 111 cm³/mol. The van der Waals surface area contributed by atoms with Crippen LogP contribution in [0.2, 0.25) is 0 Å². The molecule has 1 saturated heterocycles. The van der Waals surface area contributed by atoms with Crippen molar-refractivity contribution in [2.75, 3.05) is 6.54 Å². The van der Waals surface area contributed by atoms with Crippen LogP contribution in [0, 0.1) is 5.82 Å². The number of nitrogens with zero attached hydrogens (tertiary/aromatic N) is 3. The molecular weight excluding hydrogens is 393 g/mol. The maximum absolute atomic E-state index is 13.3. The lowest BCUT2D eigenvalue weighted by Crippen LogP contribution is -2.47. The summed E-state index contributed by atoms with van der Waals surface area (Å²) in [4.78, 5) is 41.1. The normalized spacial score (nSPS) is 17.0. The number of hydrogen-bond acceptors (Lipinski definition) is 4. The number of piperidine rings is 1. The van der Waals surface area contributed by atoms with Gasteiger partial charge in [-0.2, -0.15) is 0 Å². The minimum atomic E-state index is -0.592. The van der Waals surface area contributed by atoms with Gasteiger partial charge in [-0.25, -0.2) is 13.8 Å². The summed E-state index contributed by atoms with van der Waals surface area (Å²) < 4.78 is 16.1. The molecule has 8 heteroatoms. The van der Waals surface area contributed by atoms with Gasteiger partial charge in [-0.3, -0.25) is 14.2 Å². The molecule has 152 valence electrons. The molecule has 6 nitrogen and oxygen atoms in total. The Bertz CT molecular complexity index is 1160. The highest BCUT2D eigenvalue weighted by molar-refractivity contribution is 7.17.